The molecule has 12 heteroatoms. The lowest BCUT2D eigenvalue weighted by Crippen LogP contribution is -2.35. The topological polar surface area (TPSA) is 132 Å². The highest BCUT2D eigenvalue weighted by Gasteiger charge is 2.46. The summed E-state index contributed by atoms with van der Waals surface area (Å²) < 4.78 is 31.7. The van der Waals surface area contributed by atoms with Gasteiger partial charge in [0.05, 0.1) is 5.54 Å². The Morgan fingerprint density at radius 3 is 2.69 bits per heavy atom. The van der Waals surface area contributed by atoms with Crippen molar-refractivity contribution >= 4 is 22.9 Å². The molecule has 10 nitrogen and oxygen atoms in total. The van der Waals surface area contributed by atoms with Gasteiger partial charge in [-0.2, -0.15) is 9.89 Å². The quantitative estimate of drug-likeness (QED) is 0.385. The molecule has 1 N–H and O–H groups in total. The van der Waals surface area contributed by atoms with Crippen molar-refractivity contribution in [2.24, 2.45) is 5.18 Å². The Hall–Kier alpha value is -3.12. The van der Waals surface area contributed by atoms with Crippen molar-refractivity contribution in [2.75, 3.05) is 35.6 Å². The van der Waals surface area contributed by atoms with Gasteiger partial charge in [0.15, 0.2) is 5.82 Å². The predicted molar refractivity (Wildman–Crippen MR) is 127 cm³/mol. The fraction of sp³-hybridized carbons (Fsp3) is 0.478. The Kier molecular flexibility index (Phi) is 5.64. The number of nitroso groups, excluding NO2 is 1. The second-order valence-corrected chi connectivity index (χ2v) is 10.9. The maximum Gasteiger partial charge on any atom is 0.247 e. The van der Waals surface area contributed by atoms with E-state index in [9.17, 15) is 13.9 Å². The summed E-state index contributed by atoms with van der Waals surface area (Å²) in [5.41, 5.74) is 1.12. The maximum absolute atomic E-state index is 13.2. The predicted octanol–water partition coefficient (Wildman–Crippen LogP) is 3.42. The third-order valence-corrected chi connectivity index (χ3v) is 8.40. The van der Waals surface area contributed by atoms with Crippen LogP contribution in [-0.4, -0.2) is 55.6 Å². The highest BCUT2D eigenvalue weighted by atomic mass is 32.2. The molecule has 1 aliphatic carbocycles. The molecule has 35 heavy (non-hydrogen) atoms. The number of fused-ring (bicyclic) bond motifs is 1. The summed E-state index contributed by atoms with van der Waals surface area (Å²) in [4.78, 5) is 23.2. The SMILES string of the molecule is O=NCC1(Nc2nc(N3CCC(c4nnc(-c5ccc(F)cc5)o4)CC3)nc3c2[S+]([O-])CC3)CC1. The van der Waals surface area contributed by atoms with Crippen molar-refractivity contribution in [1.29, 1.82) is 0 Å². The van der Waals surface area contributed by atoms with Crippen LogP contribution in [0.1, 0.15) is 43.2 Å². The average molecular weight is 498 g/mol. The third kappa shape index (κ3) is 4.36. The van der Waals surface area contributed by atoms with E-state index in [1.165, 1.54) is 12.1 Å². The smallest absolute Gasteiger partial charge is 0.247 e. The fourth-order valence-electron chi connectivity index (χ4n) is 4.69. The number of piperidine rings is 1. The molecule has 0 bridgehead atoms. The zero-order valence-electron chi connectivity index (χ0n) is 18.9. The van der Waals surface area contributed by atoms with Crippen LogP contribution in [0, 0.1) is 10.7 Å². The first-order valence-corrected chi connectivity index (χ1v) is 13.1. The van der Waals surface area contributed by atoms with Gasteiger partial charge < -0.3 is 19.2 Å². The first-order chi connectivity index (χ1) is 17.0. The number of aromatic nitrogens is 4. The molecular weight excluding hydrogens is 473 g/mol. The van der Waals surface area contributed by atoms with E-state index < -0.39 is 11.2 Å². The standard InChI is InChI=1S/C23H24FN7O3S/c24-16-3-1-14(2-4-16)20-29-30-21(34-20)15-5-10-31(11-6-15)22-26-17-7-12-35(33)18(17)19(27-22)28-23(8-9-23)13-25-32/h1-4,15H,5-13H2,(H,26,27,28). The van der Waals surface area contributed by atoms with Gasteiger partial charge in [-0.15, -0.1) is 10.2 Å². The van der Waals surface area contributed by atoms with Crippen LogP contribution in [0.4, 0.5) is 16.2 Å². The van der Waals surface area contributed by atoms with E-state index in [-0.39, 0.29) is 23.8 Å². The minimum atomic E-state index is -1.14. The van der Waals surface area contributed by atoms with Crippen molar-refractivity contribution in [3.63, 3.8) is 0 Å². The van der Waals surface area contributed by atoms with E-state index in [0.717, 1.165) is 31.4 Å². The van der Waals surface area contributed by atoms with Crippen LogP contribution in [0.2, 0.25) is 0 Å². The number of benzene rings is 1. The summed E-state index contributed by atoms with van der Waals surface area (Å²) in [6.07, 6.45) is 3.91. The molecule has 6 rings (SSSR count). The van der Waals surface area contributed by atoms with E-state index >= 15 is 0 Å². The second-order valence-electron chi connectivity index (χ2n) is 9.35. The minimum Gasteiger partial charge on any atom is -0.611 e. The molecule has 1 atom stereocenters. The van der Waals surface area contributed by atoms with Crippen LogP contribution >= 0.6 is 0 Å². The van der Waals surface area contributed by atoms with Crippen molar-refractivity contribution in [1.82, 2.24) is 20.2 Å². The Balaban J connectivity index is 1.17. The van der Waals surface area contributed by atoms with E-state index in [1.54, 1.807) is 12.1 Å². The number of rotatable bonds is 7. The number of nitrogens with one attached hydrogen (secondary N) is 1. The van der Waals surface area contributed by atoms with Crippen LogP contribution in [0.5, 0.6) is 0 Å². The number of nitrogens with zero attached hydrogens (tertiary/aromatic N) is 6. The third-order valence-electron chi connectivity index (χ3n) is 6.94. The van der Waals surface area contributed by atoms with E-state index in [4.69, 9.17) is 14.4 Å². The molecular formula is C23H24FN7O3S. The highest BCUT2D eigenvalue weighted by molar-refractivity contribution is 7.91. The number of anilines is 2. The molecule has 2 aromatic heterocycles. The number of aryl methyl sites for hydroxylation is 1. The number of hydrogen-bond donors (Lipinski definition) is 1. The monoisotopic (exact) mass is 497 g/mol. The van der Waals surface area contributed by atoms with Gasteiger partial charge >= 0.3 is 0 Å². The van der Waals surface area contributed by atoms with Gasteiger partial charge in [0.1, 0.15) is 23.8 Å². The molecule has 2 aliphatic heterocycles. The lowest BCUT2D eigenvalue weighted by Gasteiger charge is -2.31. The number of halogens is 1. The Bertz CT molecular complexity index is 1240. The molecule has 0 amide bonds. The van der Waals surface area contributed by atoms with Gasteiger partial charge in [0.25, 0.3) is 0 Å². The first-order valence-electron chi connectivity index (χ1n) is 11.7. The fourth-order valence-corrected chi connectivity index (χ4v) is 6.00. The van der Waals surface area contributed by atoms with Gasteiger partial charge in [-0.25, -0.2) is 9.37 Å². The molecule has 0 radical (unpaired) electrons. The lowest BCUT2D eigenvalue weighted by atomic mass is 9.97. The zero-order chi connectivity index (χ0) is 24.0. The molecule has 3 aromatic rings. The van der Waals surface area contributed by atoms with Crippen molar-refractivity contribution in [3.05, 3.63) is 46.6 Å². The summed E-state index contributed by atoms with van der Waals surface area (Å²) in [5, 5.41) is 14.8. The number of hydrogen-bond acceptors (Lipinski definition) is 10. The highest BCUT2D eigenvalue weighted by Crippen LogP contribution is 2.42. The van der Waals surface area contributed by atoms with Crippen LogP contribution in [-0.2, 0) is 17.6 Å². The van der Waals surface area contributed by atoms with E-state index in [0.29, 0.717) is 59.3 Å². The van der Waals surface area contributed by atoms with Crippen molar-refractivity contribution < 1.29 is 13.4 Å². The normalized spacial score (nSPS) is 21.1. The zero-order valence-corrected chi connectivity index (χ0v) is 19.8. The summed E-state index contributed by atoms with van der Waals surface area (Å²) in [6, 6.07) is 5.98. The molecule has 4 heterocycles. The molecule has 182 valence electrons. The summed E-state index contributed by atoms with van der Waals surface area (Å²) in [7, 11) is 0. The lowest BCUT2D eigenvalue weighted by molar-refractivity contribution is 0.396. The van der Waals surface area contributed by atoms with Crippen LogP contribution in [0.15, 0.2) is 38.8 Å². The second kappa shape index (κ2) is 8.83. The van der Waals surface area contributed by atoms with Gasteiger partial charge in [-0.3, -0.25) is 0 Å². The summed E-state index contributed by atoms with van der Waals surface area (Å²) in [6.45, 7) is 1.59. The molecule has 0 spiro atoms. The van der Waals surface area contributed by atoms with Gasteiger partial charge in [0.2, 0.25) is 22.6 Å². The maximum atomic E-state index is 13.2. The van der Waals surface area contributed by atoms with Crippen LogP contribution in [0.3, 0.4) is 0 Å². The minimum absolute atomic E-state index is 0.112. The molecule has 1 saturated carbocycles. The average Bonchev–Trinajstić information content (AvgIpc) is 3.26. The van der Waals surface area contributed by atoms with Gasteiger partial charge in [-0.1, -0.05) is 5.18 Å². The molecule has 3 aliphatic rings. The Labute approximate surface area is 203 Å². The van der Waals surface area contributed by atoms with Crippen molar-refractivity contribution in [2.45, 2.75) is 48.5 Å². The molecule has 1 saturated heterocycles. The largest absolute Gasteiger partial charge is 0.611 e. The Morgan fingerprint density at radius 1 is 1.20 bits per heavy atom. The molecule has 2 fully saturated rings. The molecule has 1 unspecified atom stereocenters. The van der Waals surface area contributed by atoms with Gasteiger partial charge in [-0.05, 0) is 61.1 Å². The first kappa shape index (κ1) is 22.4. The molecule has 1 aromatic carbocycles. The van der Waals surface area contributed by atoms with E-state index in [1.807, 2.05) is 0 Å². The van der Waals surface area contributed by atoms with Gasteiger partial charge in [0, 0.05) is 31.0 Å². The summed E-state index contributed by atoms with van der Waals surface area (Å²) in [5.74, 6) is 2.48. The Morgan fingerprint density at radius 2 is 1.97 bits per heavy atom. The van der Waals surface area contributed by atoms with Crippen molar-refractivity contribution in [3.8, 4) is 11.5 Å². The van der Waals surface area contributed by atoms with Crippen LogP contribution in [0.25, 0.3) is 11.5 Å². The van der Waals surface area contributed by atoms with E-state index in [2.05, 4.69) is 25.6 Å². The summed E-state index contributed by atoms with van der Waals surface area (Å²) >= 11 is -1.14. The van der Waals surface area contributed by atoms with Crippen LogP contribution < -0.4 is 10.2 Å².